The number of allylic oxidation sites excluding steroid dienone is 10. The molecule has 0 aromatic rings. The topological polar surface area (TPSA) is 89.9 Å². The van der Waals surface area contributed by atoms with E-state index in [1.54, 1.807) is 0 Å². The number of fused-ring (bicyclic) bond motifs is 5. The molecule has 11 unspecified atom stereocenters. The highest BCUT2D eigenvalue weighted by molar-refractivity contribution is 5.77. The number of likely N-dealkylation sites (tertiary alicyclic amines) is 1. The first-order chi connectivity index (χ1) is 27.5. The number of hydrogen-bond donors (Lipinski definition) is 3. The number of aliphatic hydroxyl groups excluding tert-OH is 2. The van der Waals surface area contributed by atoms with Crippen LogP contribution in [0.15, 0.2) is 60.8 Å². The molecule has 5 fully saturated rings. The van der Waals surface area contributed by atoms with Crippen molar-refractivity contribution >= 4 is 11.8 Å². The molecule has 2 amide bonds. The lowest BCUT2D eigenvalue weighted by atomic mass is 9.41. The predicted molar refractivity (Wildman–Crippen MR) is 236 cm³/mol. The average molecular weight is 787 g/mol. The van der Waals surface area contributed by atoms with Crippen molar-refractivity contribution in [3.63, 3.8) is 0 Å². The summed E-state index contributed by atoms with van der Waals surface area (Å²) in [4.78, 5) is 28.1. The predicted octanol–water partition coefficient (Wildman–Crippen LogP) is 11.1. The number of rotatable bonds is 19. The minimum atomic E-state index is -0.260. The molecule has 4 aliphatic carbocycles. The van der Waals surface area contributed by atoms with Crippen molar-refractivity contribution in [2.75, 3.05) is 13.1 Å². The van der Waals surface area contributed by atoms with E-state index in [-0.39, 0.29) is 40.9 Å². The first-order valence-electron chi connectivity index (χ1n) is 23.7. The van der Waals surface area contributed by atoms with Gasteiger partial charge in [0, 0.05) is 32.0 Å². The van der Waals surface area contributed by atoms with Crippen LogP contribution in [0.1, 0.15) is 163 Å². The fourth-order valence-electron chi connectivity index (χ4n) is 13.0. The van der Waals surface area contributed by atoms with E-state index in [2.05, 4.69) is 101 Å². The van der Waals surface area contributed by atoms with Gasteiger partial charge in [0.1, 0.15) is 0 Å². The Hall–Kier alpha value is -2.44. The van der Waals surface area contributed by atoms with Crippen molar-refractivity contribution in [3.05, 3.63) is 60.8 Å². The summed E-state index contributed by atoms with van der Waals surface area (Å²) in [5.74, 6) is 3.69. The van der Waals surface area contributed by atoms with Crippen LogP contribution in [0, 0.1) is 52.3 Å². The van der Waals surface area contributed by atoms with Crippen LogP contribution in [0.4, 0.5) is 0 Å². The van der Waals surface area contributed by atoms with Gasteiger partial charge < -0.3 is 20.4 Å². The zero-order valence-electron chi connectivity index (χ0n) is 36.8. The summed E-state index contributed by atoms with van der Waals surface area (Å²) in [6.45, 7) is 13.3. The number of unbranched alkanes of at least 4 members (excludes halogenated alkanes) is 1. The Morgan fingerprint density at radius 1 is 0.737 bits per heavy atom. The van der Waals surface area contributed by atoms with Gasteiger partial charge in [0.15, 0.2) is 0 Å². The van der Waals surface area contributed by atoms with Crippen molar-refractivity contribution in [3.8, 4) is 0 Å². The molecule has 6 heteroatoms. The molecule has 4 saturated carbocycles. The van der Waals surface area contributed by atoms with Crippen LogP contribution in [0.3, 0.4) is 0 Å². The van der Waals surface area contributed by atoms with Crippen molar-refractivity contribution < 1.29 is 19.8 Å². The Morgan fingerprint density at radius 3 is 1.96 bits per heavy atom. The van der Waals surface area contributed by atoms with Crippen molar-refractivity contribution in [1.82, 2.24) is 10.2 Å². The Kier molecular flexibility index (Phi) is 17.8. The second-order valence-corrected chi connectivity index (χ2v) is 19.5. The molecule has 3 N–H and O–H groups in total. The van der Waals surface area contributed by atoms with E-state index in [0.717, 1.165) is 103 Å². The Balaban J connectivity index is 0.951. The van der Waals surface area contributed by atoms with Crippen molar-refractivity contribution in [2.45, 2.75) is 181 Å². The molecule has 0 radical (unpaired) electrons. The summed E-state index contributed by atoms with van der Waals surface area (Å²) in [5, 5.41) is 26.0. The molecule has 57 heavy (non-hydrogen) atoms. The van der Waals surface area contributed by atoms with Gasteiger partial charge in [0.25, 0.3) is 0 Å². The maximum atomic E-state index is 13.2. The van der Waals surface area contributed by atoms with E-state index in [9.17, 15) is 19.8 Å². The lowest BCUT2D eigenvalue weighted by molar-refractivity contribution is -0.203. The van der Waals surface area contributed by atoms with Crippen LogP contribution in [0.25, 0.3) is 0 Å². The molecule has 1 aliphatic heterocycles. The summed E-state index contributed by atoms with van der Waals surface area (Å²) < 4.78 is 0. The van der Waals surface area contributed by atoms with Crippen molar-refractivity contribution in [1.29, 1.82) is 0 Å². The number of carbonyl (C=O) groups excluding carboxylic acids is 2. The Morgan fingerprint density at radius 2 is 1.33 bits per heavy atom. The first-order valence-corrected chi connectivity index (χ1v) is 23.7. The molecule has 5 aliphatic rings. The van der Waals surface area contributed by atoms with Gasteiger partial charge in [-0.3, -0.25) is 9.59 Å². The van der Waals surface area contributed by atoms with Gasteiger partial charge in [-0.25, -0.2) is 0 Å². The van der Waals surface area contributed by atoms with Gasteiger partial charge in [0.05, 0.1) is 12.2 Å². The zero-order valence-corrected chi connectivity index (χ0v) is 36.8. The highest BCUT2D eigenvalue weighted by Gasteiger charge is 2.64. The molecule has 11 atom stereocenters. The molecule has 0 spiro atoms. The maximum absolute atomic E-state index is 13.2. The van der Waals surface area contributed by atoms with Gasteiger partial charge in [-0.1, -0.05) is 102 Å². The molecule has 0 aromatic heterocycles. The second kappa shape index (κ2) is 22.2. The molecule has 1 saturated heterocycles. The zero-order chi connectivity index (χ0) is 40.8. The largest absolute Gasteiger partial charge is 0.393 e. The van der Waals surface area contributed by atoms with Gasteiger partial charge in [-0.15, -0.1) is 0 Å². The van der Waals surface area contributed by atoms with Gasteiger partial charge >= 0.3 is 0 Å². The van der Waals surface area contributed by atoms with Crippen LogP contribution in [0.2, 0.25) is 0 Å². The minimum absolute atomic E-state index is 0.159. The summed E-state index contributed by atoms with van der Waals surface area (Å²) in [7, 11) is 0. The molecule has 1 heterocycles. The number of hydrogen-bond acceptors (Lipinski definition) is 4. The van der Waals surface area contributed by atoms with E-state index in [0.29, 0.717) is 54.3 Å². The van der Waals surface area contributed by atoms with E-state index in [1.165, 1.54) is 25.7 Å². The number of piperidine rings is 1. The third-order valence-corrected chi connectivity index (χ3v) is 16.1. The third-order valence-electron chi connectivity index (χ3n) is 16.1. The van der Waals surface area contributed by atoms with E-state index in [1.807, 2.05) is 4.90 Å². The maximum Gasteiger partial charge on any atom is 0.222 e. The molecule has 0 aromatic carbocycles. The van der Waals surface area contributed by atoms with Gasteiger partial charge in [-0.05, 0) is 161 Å². The lowest BCUT2D eigenvalue weighted by Gasteiger charge is -2.64. The van der Waals surface area contributed by atoms with Gasteiger partial charge in [0.2, 0.25) is 11.8 Å². The van der Waals surface area contributed by atoms with E-state index >= 15 is 0 Å². The number of amides is 2. The normalized spacial score (nSPS) is 35.4. The van der Waals surface area contributed by atoms with Gasteiger partial charge in [-0.2, -0.15) is 0 Å². The summed E-state index contributed by atoms with van der Waals surface area (Å²) >= 11 is 0. The van der Waals surface area contributed by atoms with Crippen LogP contribution >= 0.6 is 0 Å². The quantitative estimate of drug-likeness (QED) is 0.0898. The summed E-state index contributed by atoms with van der Waals surface area (Å²) in [5.41, 5.74) is 0.454. The molecule has 6 nitrogen and oxygen atoms in total. The Labute approximate surface area is 348 Å². The molecule has 5 rings (SSSR count). The second-order valence-electron chi connectivity index (χ2n) is 19.5. The number of carbonyl (C=O) groups is 2. The summed E-state index contributed by atoms with van der Waals surface area (Å²) in [6.07, 6.45) is 40.9. The van der Waals surface area contributed by atoms with Crippen LogP contribution in [0.5, 0.6) is 0 Å². The average Bonchev–Trinajstić information content (AvgIpc) is 3.56. The van der Waals surface area contributed by atoms with E-state index < -0.39 is 0 Å². The monoisotopic (exact) mass is 787 g/mol. The highest BCUT2D eigenvalue weighted by Crippen LogP contribution is 2.69. The van der Waals surface area contributed by atoms with Crippen LogP contribution < -0.4 is 5.32 Å². The van der Waals surface area contributed by atoms with Crippen LogP contribution in [-0.4, -0.2) is 58.3 Å². The fourth-order valence-corrected chi connectivity index (χ4v) is 13.0. The minimum Gasteiger partial charge on any atom is -0.393 e. The van der Waals surface area contributed by atoms with Crippen LogP contribution in [-0.2, 0) is 9.59 Å². The fraction of sp³-hybridized carbons (Fsp3) is 0.765. The number of aliphatic hydroxyl groups is 2. The first kappa shape index (κ1) is 45.6. The lowest BCUT2D eigenvalue weighted by Crippen LogP contribution is -2.62. The number of nitrogens with zero attached hydrogens (tertiary/aromatic N) is 1. The molecule has 320 valence electrons. The molecule has 0 bridgehead atoms. The highest BCUT2D eigenvalue weighted by atomic mass is 16.3. The molecular weight excluding hydrogens is 705 g/mol. The smallest absolute Gasteiger partial charge is 0.222 e. The third kappa shape index (κ3) is 11.6. The van der Waals surface area contributed by atoms with E-state index in [4.69, 9.17) is 0 Å². The Bertz CT molecular complexity index is 1410. The summed E-state index contributed by atoms with van der Waals surface area (Å²) in [6, 6.07) is 0.159. The standard InChI is InChI=1S/C51H82N2O4/c1-6-8-9-10-11-12-13-14-15-16-17-18-19-20-21-22-23-24-47(56)53-35-31-39(32-36-53)52-46(55)28-25-38(3)42-26-27-43-48-44(30-34-50(42,43)4)51(5)33-29-40(54)37-45(51)41(7-2)49(48)57/h8-9,11-12,14-15,17-18,20-21,38-45,48-49,54,57H,6-7,10,13,16,19,22-37H2,1-5H3,(H,52,55). The SMILES string of the molecule is CCC=CCC=CCC=CCC=CCC=CCCCC(=O)N1CCC(NC(=O)CCC(C)C2CCC3C4C(O)C(CC)C5CC(O)CCC5(C)C4CCC23C)CC1. The van der Waals surface area contributed by atoms with Crippen molar-refractivity contribution in [2.24, 2.45) is 52.3 Å². The molecular formula is C51H82N2O4. The number of nitrogens with one attached hydrogen (secondary N) is 1.